The Labute approximate surface area is 88.5 Å². The van der Waals surface area contributed by atoms with Crippen LogP contribution >= 0.6 is 11.6 Å². The van der Waals surface area contributed by atoms with Gasteiger partial charge in [-0.25, -0.2) is 4.98 Å². The summed E-state index contributed by atoms with van der Waals surface area (Å²) in [5, 5.41) is 0.406. The Bertz CT molecular complexity index is 382. The molecule has 3 nitrogen and oxygen atoms in total. The van der Waals surface area contributed by atoms with Gasteiger partial charge in [0.25, 0.3) is 5.56 Å². The maximum Gasteiger partial charge on any atom is 0.270 e. The zero-order valence-electron chi connectivity index (χ0n) is 8.89. The van der Waals surface area contributed by atoms with Crippen molar-refractivity contribution in [2.45, 2.75) is 39.5 Å². The summed E-state index contributed by atoms with van der Waals surface area (Å²) in [5.74, 6) is 0.279. The minimum absolute atomic E-state index is 0.0949. The van der Waals surface area contributed by atoms with Crippen molar-refractivity contribution in [2.24, 2.45) is 0 Å². The van der Waals surface area contributed by atoms with Gasteiger partial charge < -0.3 is 4.98 Å². The topological polar surface area (TPSA) is 45.8 Å². The van der Waals surface area contributed by atoms with E-state index in [4.69, 9.17) is 11.6 Å². The molecule has 1 heterocycles. The van der Waals surface area contributed by atoms with Crippen LogP contribution in [0, 0.1) is 0 Å². The highest BCUT2D eigenvalue weighted by molar-refractivity contribution is 6.30. The molecule has 0 bridgehead atoms. The zero-order chi connectivity index (χ0) is 10.9. The van der Waals surface area contributed by atoms with Crippen molar-refractivity contribution in [2.75, 3.05) is 0 Å². The lowest BCUT2D eigenvalue weighted by Gasteiger charge is -2.09. The molecule has 0 fully saturated rings. The molecule has 1 aromatic rings. The van der Waals surface area contributed by atoms with E-state index < -0.39 is 0 Å². The summed E-state index contributed by atoms with van der Waals surface area (Å²) in [7, 11) is 0. The van der Waals surface area contributed by atoms with Crippen LogP contribution < -0.4 is 5.56 Å². The Balaban J connectivity index is 3.32. The predicted molar refractivity (Wildman–Crippen MR) is 58.0 cm³/mol. The van der Waals surface area contributed by atoms with Crippen LogP contribution in [0.3, 0.4) is 0 Å². The number of hydrogen-bond donors (Lipinski definition) is 1. The SMILES string of the molecule is CC(C)c1[nH]c(=O)c(C(C)C)nc1Cl. The normalized spacial score (nSPS) is 11.4. The third-order valence-electron chi connectivity index (χ3n) is 2.05. The maximum absolute atomic E-state index is 11.6. The highest BCUT2D eigenvalue weighted by Crippen LogP contribution is 2.19. The third-order valence-corrected chi connectivity index (χ3v) is 2.33. The van der Waals surface area contributed by atoms with E-state index in [0.29, 0.717) is 16.5 Å². The van der Waals surface area contributed by atoms with Crippen molar-refractivity contribution in [1.82, 2.24) is 9.97 Å². The van der Waals surface area contributed by atoms with Gasteiger partial charge in [-0.15, -0.1) is 0 Å². The summed E-state index contributed by atoms with van der Waals surface area (Å²) < 4.78 is 0. The highest BCUT2D eigenvalue weighted by Gasteiger charge is 2.13. The van der Waals surface area contributed by atoms with E-state index >= 15 is 0 Å². The van der Waals surface area contributed by atoms with E-state index in [-0.39, 0.29) is 17.4 Å². The number of halogens is 1. The van der Waals surface area contributed by atoms with Gasteiger partial charge in [-0.3, -0.25) is 4.79 Å². The fourth-order valence-electron chi connectivity index (χ4n) is 1.23. The van der Waals surface area contributed by atoms with Crippen molar-refractivity contribution in [1.29, 1.82) is 0 Å². The second-order valence-electron chi connectivity index (χ2n) is 3.97. The van der Waals surface area contributed by atoms with E-state index in [1.54, 1.807) is 0 Å². The molecule has 0 radical (unpaired) electrons. The molecular weight excluding hydrogens is 200 g/mol. The molecule has 0 saturated carbocycles. The fourth-order valence-corrected chi connectivity index (χ4v) is 1.59. The quantitative estimate of drug-likeness (QED) is 0.823. The van der Waals surface area contributed by atoms with Gasteiger partial charge in [-0.05, 0) is 5.92 Å². The van der Waals surface area contributed by atoms with Gasteiger partial charge in [0, 0.05) is 5.92 Å². The summed E-state index contributed by atoms with van der Waals surface area (Å²) in [6.45, 7) is 7.77. The van der Waals surface area contributed by atoms with Crippen LogP contribution in [0.5, 0.6) is 0 Å². The molecule has 0 spiro atoms. The minimum atomic E-state index is -0.131. The molecule has 4 heteroatoms. The summed E-state index contributed by atoms with van der Waals surface area (Å²) in [4.78, 5) is 18.5. The Kier molecular flexibility index (Phi) is 3.32. The molecule has 0 unspecified atom stereocenters. The van der Waals surface area contributed by atoms with Gasteiger partial charge in [-0.2, -0.15) is 0 Å². The van der Waals surface area contributed by atoms with Crippen molar-refractivity contribution >= 4 is 11.6 Å². The van der Waals surface area contributed by atoms with E-state index in [2.05, 4.69) is 9.97 Å². The molecule has 0 aliphatic heterocycles. The molecular formula is C10H15ClN2O. The molecule has 0 aliphatic rings. The van der Waals surface area contributed by atoms with E-state index in [1.807, 2.05) is 27.7 Å². The first-order valence-electron chi connectivity index (χ1n) is 4.73. The molecule has 0 saturated heterocycles. The second kappa shape index (κ2) is 4.13. The van der Waals surface area contributed by atoms with E-state index in [0.717, 1.165) is 0 Å². The van der Waals surface area contributed by atoms with Gasteiger partial charge in [0.2, 0.25) is 0 Å². The summed E-state index contributed by atoms with van der Waals surface area (Å²) in [6.07, 6.45) is 0. The van der Waals surface area contributed by atoms with Gasteiger partial charge in [0.1, 0.15) is 10.8 Å². The third kappa shape index (κ3) is 2.15. The number of H-pyrrole nitrogens is 1. The van der Waals surface area contributed by atoms with Gasteiger partial charge in [0.15, 0.2) is 0 Å². The van der Waals surface area contributed by atoms with Crippen LogP contribution in [0.25, 0.3) is 0 Å². The molecule has 0 aliphatic carbocycles. The van der Waals surface area contributed by atoms with Crippen molar-refractivity contribution in [3.63, 3.8) is 0 Å². The lowest BCUT2D eigenvalue weighted by Crippen LogP contribution is -2.19. The van der Waals surface area contributed by atoms with Crippen molar-refractivity contribution in [3.8, 4) is 0 Å². The number of rotatable bonds is 2. The first-order valence-corrected chi connectivity index (χ1v) is 5.11. The summed E-state index contributed by atoms with van der Waals surface area (Å²) in [5.41, 5.74) is 1.08. The lowest BCUT2D eigenvalue weighted by molar-refractivity contribution is 0.751. The second-order valence-corrected chi connectivity index (χ2v) is 4.32. The summed E-state index contributed by atoms with van der Waals surface area (Å²) in [6, 6.07) is 0. The molecule has 1 rings (SSSR count). The van der Waals surface area contributed by atoms with E-state index in [1.165, 1.54) is 0 Å². The maximum atomic E-state index is 11.6. The number of hydrogen-bond acceptors (Lipinski definition) is 2. The van der Waals surface area contributed by atoms with Gasteiger partial charge in [0.05, 0.1) is 5.69 Å². The number of nitrogens with one attached hydrogen (secondary N) is 1. The van der Waals surface area contributed by atoms with Crippen LogP contribution in [0.15, 0.2) is 4.79 Å². The zero-order valence-corrected chi connectivity index (χ0v) is 9.64. The monoisotopic (exact) mass is 214 g/mol. The molecule has 0 aromatic carbocycles. The standard InChI is InChI=1S/C10H15ClN2O/c1-5(2)7-9(11)12-8(6(3)4)10(14)13-7/h5-6H,1-4H3,(H,13,14). The Hall–Kier alpha value is -0.830. The van der Waals surface area contributed by atoms with Gasteiger partial charge in [-0.1, -0.05) is 39.3 Å². The van der Waals surface area contributed by atoms with E-state index in [9.17, 15) is 4.79 Å². The number of aromatic nitrogens is 2. The predicted octanol–water partition coefficient (Wildman–Crippen LogP) is 2.67. The Morgan fingerprint density at radius 2 is 1.79 bits per heavy atom. The van der Waals surface area contributed by atoms with Gasteiger partial charge >= 0.3 is 0 Å². The molecule has 78 valence electrons. The Morgan fingerprint density at radius 3 is 2.21 bits per heavy atom. The largest absolute Gasteiger partial charge is 0.321 e. The smallest absolute Gasteiger partial charge is 0.270 e. The van der Waals surface area contributed by atoms with Crippen LogP contribution in [0.4, 0.5) is 0 Å². The Morgan fingerprint density at radius 1 is 1.21 bits per heavy atom. The molecule has 0 atom stereocenters. The first kappa shape index (κ1) is 11.2. The molecule has 0 amide bonds. The van der Waals surface area contributed by atoms with Crippen LogP contribution in [0.1, 0.15) is 50.9 Å². The minimum Gasteiger partial charge on any atom is -0.321 e. The average Bonchev–Trinajstić information content (AvgIpc) is 2.07. The summed E-state index contributed by atoms with van der Waals surface area (Å²) >= 11 is 5.96. The molecule has 1 aromatic heterocycles. The highest BCUT2D eigenvalue weighted by atomic mass is 35.5. The average molecular weight is 215 g/mol. The van der Waals surface area contributed by atoms with Crippen LogP contribution in [-0.2, 0) is 0 Å². The number of nitrogens with zero attached hydrogens (tertiary/aromatic N) is 1. The molecule has 14 heavy (non-hydrogen) atoms. The lowest BCUT2D eigenvalue weighted by atomic mass is 10.1. The van der Waals surface area contributed by atoms with Crippen LogP contribution in [-0.4, -0.2) is 9.97 Å². The van der Waals surface area contributed by atoms with Crippen molar-refractivity contribution < 1.29 is 0 Å². The van der Waals surface area contributed by atoms with Crippen molar-refractivity contribution in [3.05, 3.63) is 26.9 Å². The molecule has 1 N–H and O–H groups in total. The van der Waals surface area contributed by atoms with Crippen LogP contribution in [0.2, 0.25) is 5.15 Å². The number of aromatic amines is 1. The first-order chi connectivity index (χ1) is 6.43. The fraction of sp³-hybridized carbons (Fsp3) is 0.600.